The summed E-state index contributed by atoms with van der Waals surface area (Å²) in [6.07, 6.45) is 6.94. The summed E-state index contributed by atoms with van der Waals surface area (Å²) in [6, 6.07) is 10.5. The summed E-state index contributed by atoms with van der Waals surface area (Å²) in [4.78, 5) is 24.0. The lowest BCUT2D eigenvalue weighted by atomic mass is 9.93. The van der Waals surface area contributed by atoms with Gasteiger partial charge in [0.25, 0.3) is 5.91 Å². The number of benzene rings is 1. The molecule has 5 heterocycles. The maximum atomic E-state index is 13.6. The number of imidazole rings is 1. The van der Waals surface area contributed by atoms with E-state index < -0.39 is 0 Å². The van der Waals surface area contributed by atoms with Crippen molar-refractivity contribution in [2.24, 2.45) is 5.92 Å². The second kappa shape index (κ2) is 8.91. The van der Waals surface area contributed by atoms with Gasteiger partial charge in [0.05, 0.1) is 41.1 Å². The third-order valence-corrected chi connectivity index (χ3v) is 7.23. The van der Waals surface area contributed by atoms with Crippen LogP contribution in [0.25, 0.3) is 16.9 Å². The van der Waals surface area contributed by atoms with Crippen molar-refractivity contribution in [2.75, 3.05) is 23.3 Å². The van der Waals surface area contributed by atoms with Gasteiger partial charge < -0.3 is 20.6 Å². The normalized spacial score (nSPS) is 18.2. The molecule has 2 atom stereocenters. The van der Waals surface area contributed by atoms with Crippen LogP contribution < -0.4 is 15.5 Å². The maximum Gasteiger partial charge on any atom is 0.254 e. The van der Waals surface area contributed by atoms with E-state index in [1.54, 1.807) is 12.4 Å². The topological polar surface area (TPSA) is 94.8 Å². The van der Waals surface area contributed by atoms with Gasteiger partial charge in [-0.1, -0.05) is 6.07 Å². The van der Waals surface area contributed by atoms with E-state index in [9.17, 15) is 14.3 Å². The zero-order chi connectivity index (χ0) is 24.8. The number of hydrogen-bond acceptors (Lipinski definition) is 6. The number of hydrogen-bond donors (Lipinski definition) is 3. The van der Waals surface area contributed by atoms with Crippen molar-refractivity contribution in [3.05, 3.63) is 71.9 Å². The summed E-state index contributed by atoms with van der Waals surface area (Å²) in [5.74, 6) is 0.414. The Bertz CT molecular complexity index is 1450. The number of fused-ring (bicyclic) bond motifs is 2. The average Bonchev–Trinajstić information content (AvgIpc) is 3.48. The number of aliphatic hydroxyl groups excluding tert-OH is 1. The number of carbonyl (C=O) groups is 1. The first kappa shape index (κ1) is 22.5. The molecule has 0 aliphatic carbocycles. The Labute approximate surface area is 207 Å². The second-order valence-electron chi connectivity index (χ2n) is 9.53. The van der Waals surface area contributed by atoms with E-state index >= 15 is 0 Å². The second-order valence-corrected chi connectivity index (χ2v) is 9.53. The number of halogens is 1. The highest BCUT2D eigenvalue weighted by Gasteiger charge is 2.28. The average molecular weight is 487 g/mol. The van der Waals surface area contributed by atoms with Crippen molar-refractivity contribution in [1.29, 1.82) is 0 Å². The third kappa shape index (κ3) is 3.95. The third-order valence-electron chi connectivity index (χ3n) is 7.23. The van der Waals surface area contributed by atoms with Crippen LogP contribution in [0.4, 0.5) is 21.6 Å². The highest BCUT2D eigenvalue weighted by Crippen LogP contribution is 2.35. The van der Waals surface area contributed by atoms with Crippen LogP contribution >= 0.6 is 0 Å². The SMILES string of the molecule is C[C@H](O)C1CCCN(c2ccc(Nc3ccc(-c4cnc5cc(F)ccn45)c4c3C(=O)NC4)nc2)C1. The van der Waals surface area contributed by atoms with Crippen molar-refractivity contribution in [3.8, 4) is 11.3 Å². The summed E-state index contributed by atoms with van der Waals surface area (Å²) in [5, 5.41) is 16.2. The van der Waals surface area contributed by atoms with Crippen molar-refractivity contribution in [3.63, 3.8) is 0 Å². The van der Waals surface area contributed by atoms with Crippen LogP contribution in [0.15, 0.2) is 55.0 Å². The Morgan fingerprint density at radius 1 is 1.19 bits per heavy atom. The van der Waals surface area contributed by atoms with Crippen LogP contribution in [0.1, 0.15) is 35.7 Å². The lowest BCUT2D eigenvalue weighted by Crippen LogP contribution is -2.39. The molecule has 184 valence electrons. The van der Waals surface area contributed by atoms with Crippen molar-refractivity contribution in [2.45, 2.75) is 32.4 Å². The standard InChI is InChI=1S/C27H27FN6O2/c1-16(35)17-3-2-9-33(15-17)19-4-7-24(29-12-19)32-22-6-5-20(21-13-31-27(36)26(21)22)23-14-30-25-11-18(28)8-10-34(23)25/h4-8,10-12,14,16-17,35H,2-3,9,13,15H2,1H3,(H,29,32)(H,31,36)/t16-,17?/m0/s1. The number of aliphatic hydroxyl groups is 1. The zero-order valence-corrected chi connectivity index (χ0v) is 19.9. The summed E-state index contributed by atoms with van der Waals surface area (Å²) >= 11 is 0. The maximum absolute atomic E-state index is 13.6. The summed E-state index contributed by atoms with van der Waals surface area (Å²) in [6.45, 7) is 4.02. The Kier molecular flexibility index (Phi) is 5.56. The first-order valence-electron chi connectivity index (χ1n) is 12.2. The monoisotopic (exact) mass is 486 g/mol. The first-order chi connectivity index (χ1) is 17.5. The molecule has 9 heteroatoms. The Morgan fingerprint density at radius 2 is 2.08 bits per heavy atom. The van der Waals surface area contributed by atoms with E-state index in [0.29, 0.717) is 29.3 Å². The van der Waals surface area contributed by atoms with E-state index in [-0.39, 0.29) is 23.7 Å². The van der Waals surface area contributed by atoms with E-state index in [2.05, 4.69) is 25.5 Å². The van der Waals surface area contributed by atoms with Gasteiger partial charge in [0.1, 0.15) is 17.3 Å². The number of nitrogens with one attached hydrogen (secondary N) is 2. The van der Waals surface area contributed by atoms with Crippen molar-refractivity contribution in [1.82, 2.24) is 19.7 Å². The zero-order valence-electron chi connectivity index (χ0n) is 19.9. The summed E-state index contributed by atoms with van der Waals surface area (Å²) in [5.41, 5.74) is 5.31. The number of piperidine rings is 1. The molecule has 3 N–H and O–H groups in total. The molecule has 3 aromatic heterocycles. The Hall–Kier alpha value is -3.98. The van der Waals surface area contributed by atoms with Crippen LogP contribution in [0.3, 0.4) is 0 Å². The molecular formula is C27H27FN6O2. The molecule has 1 saturated heterocycles. The fraction of sp³-hybridized carbons (Fsp3) is 0.296. The van der Waals surface area contributed by atoms with E-state index in [1.807, 2.05) is 41.8 Å². The fourth-order valence-corrected chi connectivity index (χ4v) is 5.27. The van der Waals surface area contributed by atoms with Crippen LogP contribution in [-0.2, 0) is 6.54 Å². The molecule has 0 radical (unpaired) electrons. The lowest BCUT2D eigenvalue weighted by molar-refractivity contribution is 0.0966. The van der Waals surface area contributed by atoms with Crippen LogP contribution in [0.2, 0.25) is 0 Å². The minimum absolute atomic E-state index is 0.150. The summed E-state index contributed by atoms with van der Waals surface area (Å²) in [7, 11) is 0. The van der Waals surface area contributed by atoms with Gasteiger partial charge in [0.2, 0.25) is 0 Å². The van der Waals surface area contributed by atoms with Gasteiger partial charge in [-0.15, -0.1) is 0 Å². The molecule has 2 aliphatic rings. The minimum Gasteiger partial charge on any atom is -0.393 e. The van der Waals surface area contributed by atoms with E-state index in [0.717, 1.165) is 48.4 Å². The molecule has 0 saturated carbocycles. The Balaban J connectivity index is 1.28. The minimum atomic E-state index is -0.345. The molecule has 36 heavy (non-hydrogen) atoms. The number of nitrogens with zero attached hydrogens (tertiary/aromatic N) is 4. The number of amides is 1. The molecule has 1 fully saturated rings. The predicted octanol–water partition coefficient (Wildman–Crippen LogP) is 4.12. The molecule has 1 unspecified atom stereocenters. The van der Waals surface area contributed by atoms with Crippen LogP contribution in [-0.4, -0.2) is 44.6 Å². The molecule has 2 aliphatic heterocycles. The largest absolute Gasteiger partial charge is 0.393 e. The van der Waals surface area contributed by atoms with Crippen LogP contribution in [0, 0.1) is 11.7 Å². The van der Waals surface area contributed by atoms with Crippen LogP contribution in [0.5, 0.6) is 0 Å². The van der Waals surface area contributed by atoms with Gasteiger partial charge in [-0.25, -0.2) is 14.4 Å². The van der Waals surface area contributed by atoms with Gasteiger partial charge in [0, 0.05) is 43.4 Å². The van der Waals surface area contributed by atoms with Crippen molar-refractivity contribution < 1.29 is 14.3 Å². The Morgan fingerprint density at radius 3 is 2.89 bits per heavy atom. The van der Waals surface area contributed by atoms with Gasteiger partial charge in [0.15, 0.2) is 0 Å². The fourth-order valence-electron chi connectivity index (χ4n) is 5.27. The van der Waals surface area contributed by atoms with E-state index in [4.69, 9.17) is 0 Å². The van der Waals surface area contributed by atoms with E-state index in [1.165, 1.54) is 12.1 Å². The predicted molar refractivity (Wildman–Crippen MR) is 136 cm³/mol. The molecule has 6 rings (SSSR count). The molecule has 1 aromatic carbocycles. The smallest absolute Gasteiger partial charge is 0.254 e. The quantitative estimate of drug-likeness (QED) is 0.393. The number of aromatic nitrogens is 3. The molecule has 8 nitrogen and oxygen atoms in total. The molecule has 1 amide bonds. The highest BCUT2D eigenvalue weighted by atomic mass is 19.1. The van der Waals surface area contributed by atoms with Gasteiger partial charge in [-0.3, -0.25) is 9.20 Å². The van der Waals surface area contributed by atoms with Gasteiger partial charge in [-0.05, 0) is 49.6 Å². The van der Waals surface area contributed by atoms with Crippen molar-refractivity contribution >= 4 is 28.7 Å². The lowest BCUT2D eigenvalue weighted by Gasteiger charge is -2.35. The first-order valence-corrected chi connectivity index (χ1v) is 12.2. The molecule has 4 aromatic rings. The molecule has 0 bridgehead atoms. The number of pyridine rings is 2. The number of rotatable bonds is 5. The number of carbonyl (C=O) groups excluding carboxylic acids is 1. The van der Waals surface area contributed by atoms with Gasteiger partial charge >= 0.3 is 0 Å². The molecular weight excluding hydrogens is 459 g/mol. The highest BCUT2D eigenvalue weighted by molar-refractivity contribution is 6.06. The number of anilines is 3. The summed E-state index contributed by atoms with van der Waals surface area (Å²) < 4.78 is 15.4. The molecule has 0 spiro atoms. The van der Waals surface area contributed by atoms with Gasteiger partial charge in [-0.2, -0.15) is 0 Å².